The minimum atomic E-state index is -0.747. The van der Waals surface area contributed by atoms with Crippen LogP contribution in [0.3, 0.4) is 0 Å². The van der Waals surface area contributed by atoms with Crippen LogP contribution in [0.2, 0.25) is 0 Å². The minimum Gasteiger partial charge on any atom is -0.481 e. The van der Waals surface area contributed by atoms with Gasteiger partial charge in [-0.05, 0) is 6.42 Å². The molecule has 0 saturated heterocycles. The lowest BCUT2D eigenvalue weighted by Crippen LogP contribution is -1.97. The van der Waals surface area contributed by atoms with E-state index in [1.54, 1.807) is 0 Å². The Balaban J connectivity index is 2.82. The maximum atomic E-state index is 9.83. The highest BCUT2D eigenvalue weighted by Crippen LogP contribution is 1.86. The summed E-state index contributed by atoms with van der Waals surface area (Å²) in [5.41, 5.74) is 0. The normalized spacial score (nSPS) is 9.50. The monoisotopic (exact) mass is 134 g/mol. The van der Waals surface area contributed by atoms with Gasteiger partial charge in [-0.15, -0.1) is 0 Å². The Kier molecular flexibility index (Phi) is 4.59. The smallest absolute Gasteiger partial charge is 0.303 e. The van der Waals surface area contributed by atoms with Crippen LogP contribution >= 0.6 is 0 Å². The van der Waals surface area contributed by atoms with E-state index < -0.39 is 5.97 Å². The van der Waals surface area contributed by atoms with E-state index in [4.69, 9.17) is 9.53 Å². The highest BCUT2D eigenvalue weighted by molar-refractivity contribution is 5.97. The van der Waals surface area contributed by atoms with Gasteiger partial charge in [0.15, 0.2) is 0 Å². The Hall–Kier alpha value is -0.353. The van der Waals surface area contributed by atoms with E-state index in [0.29, 0.717) is 23.5 Å². The summed E-state index contributed by atoms with van der Waals surface area (Å²) in [4.78, 5) is 9.83. The molecular formula is C4H10O3Si. The van der Waals surface area contributed by atoms with Crippen molar-refractivity contribution < 1.29 is 14.3 Å². The molecule has 0 aliphatic heterocycles. The number of carboxylic acids is 1. The first-order valence-electron chi connectivity index (χ1n) is 2.48. The molecule has 0 heterocycles. The van der Waals surface area contributed by atoms with Gasteiger partial charge in [-0.3, -0.25) is 4.79 Å². The molecule has 0 rings (SSSR count). The largest absolute Gasteiger partial charge is 0.481 e. The number of carboxylic acid groups (broad SMARTS) is 1. The Morgan fingerprint density at radius 3 is 2.75 bits per heavy atom. The van der Waals surface area contributed by atoms with Gasteiger partial charge < -0.3 is 9.53 Å². The van der Waals surface area contributed by atoms with Crippen LogP contribution in [0.25, 0.3) is 0 Å². The molecule has 0 fully saturated rings. The van der Waals surface area contributed by atoms with E-state index in [9.17, 15) is 4.79 Å². The summed E-state index contributed by atoms with van der Waals surface area (Å²) in [6, 6.07) is 0. The fourth-order valence-electron chi connectivity index (χ4n) is 0.368. The molecule has 0 aromatic rings. The summed E-state index contributed by atoms with van der Waals surface area (Å²) in [7, 11) is 0.706. The topological polar surface area (TPSA) is 46.5 Å². The molecule has 8 heavy (non-hydrogen) atoms. The van der Waals surface area contributed by atoms with Crippen molar-refractivity contribution in [2.45, 2.75) is 12.8 Å². The van der Waals surface area contributed by atoms with Crippen molar-refractivity contribution in [3.8, 4) is 0 Å². The Morgan fingerprint density at radius 1 is 1.75 bits per heavy atom. The maximum absolute atomic E-state index is 9.83. The third kappa shape index (κ3) is 5.65. The molecule has 0 aromatic carbocycles. The van der Waals surface area contributed by atoms with Crippen LogP contribution in [0.1, 0.15) is 12.8 Å². The SMILES string of the molecule is O=C(O)CCCO[SiH3]. The second-order valence-electron chi connectivity index (χ2n) is 1.49. The van der Waals surface area contributed by atoms with Gasteiger partial charge in [0, 0.05) is 13.0 Å². The fraction of sp³-hybridized carbons (Fsp3) is 0.750. The van der Waals surface area contributed by atoms with Crippen molar-refractivity contribution in [3.05, 3.63) is 0 Å². The van der Waals surface area contributed by atoms with E-state index in [2.05, 4.69) is 0 Å². The molecule has 0 bridgehead atoms. The molecule has 0 aromatic heterocycles. The molecule has 0 saturated carbocycles. The maximum Gasteiger partial charge on any atom is 0.303 e. The van der Waals surface area contributed by atoms with Gasteiger partial charge in [-0.1, -0.05) is 0 Å². The third-order valence-electron chi connectivity index (χ3n) is 0.739. The Labute approximate surface area is 51.2 Å². The summed E-state index contributed by atoms with van der Waals surface area (Å²) in [6.45, 7) is 0.596. The molecule has 0 aliphatic rings. The number of hydrogen-bond acceptors (Lipinski definition) is 2. The van der Waals surface area contributed by atoms with Crippen LogP contribution in [0.5, 0.6) is 0 Å². The molecule has 0 atom stereocenters. The van der Waals surface area contributed by atoms with E-state index in [1.807, 2.05) is 0 Å². The van der Waals surface area contributed by atoms with Crippen LogP contribution in [0.4, 0.5) is 0 Å². The lowest BCUT2D eigenvalue weighted by molar-refractivity contribution is -0.137. The number of carbonyl (C=O) groups is 1. The van der Waals surface area contributed by atoms with Crippen LogP contribution in [-0.2, 0) is 9.22 Å². The van der Waals surface area contributed by atoms with Gasteiger partial charge in [0.2, 0.25) is 0 Å². The highest BCUT2D eigenvalue weighted by Gasteiger charge is 1.92. The molecule has 1 N–H and O–H groups in total. The predicted octanol–water partition coefficient (Wildman–Crippen LogP) is -0.852. The van der Waals surface area contributed by atoms with Crippen LogP contribution in [-0.4, -0.2) is 28.2 Å². The van der Waals surface area contributed by atoms with Crippen molar-refractivity contribution in [1.29, 1.82) is 0 Å². The zero-order valence-electron chi connectivity index (χ0n) is 4.89. The minimum absolute atomic E-state index is 0.224. The van der Waals surface area contributed by atoms with Crippen LogP contribution < -0.4 is 0 Å². The van der Waals surface area contributed by atoms with Gasteiger partial charge in [0.05, 0.1) is 0 Å². The lowest BCUT2D eigenvalue weighted by atomic mass is 10.3. The van der Waals surface area contributed by atoms with Gasteiger partial charge in [0.25, 0.3) is 0 Å². The molecule has 3 nitrogen and oxygen atoms in total. The van der Waals surface area contributed by atoms with Crippen molar-refractivity contribution >= 4 is 16.5 Å². The van der Waals surface area contributed by atoms with Gasteiger partial charge in [0.1, 0.15) is 10.5 Å². The summed E-state index contributed by atoms with van der Waals surface area (Å²) in [6.07, 6.45) is 0.862. The van der Waals surface area contributed by atoms with Crippen molar-refractivity contribution in [2.75, 3.05) is 6.61 Å². The molecular weight excluding hydrogens is 124 g/mol. The second-order valence-corrected chi connectivity index (χ2v) is 2.07. The molecule has 0 unspecified atom stereocenters. The number of hydrogen-bond donors (Lipinski definition) is 1. The molecule has 4 heteroatoms. The van der Waals surface area contributed by atoms with E-state index in [-0.39, 0.29) is 6.42 Å². The lowest BCUT2D eigenvalue weighted by Gasteiger charge is -1.92. The molecule has 0 amide bonds. The number of rotatable bonds is 4. The average molecular weight is 134 g/mol. The Bertz CT molecular complexity index is 73.7. The van der Waals surface area contributed by atoms with Crippen molar-refractivity contribution in [3.63, 3.8) is 0 Å². The zero-order chi connectivity index (χ0) is 6.41. The third-order valence-corrected chi connectivity index (χ3v) is 1.15. The first kappa shape index (κ1) is 7.65. The summed E-state index contributed by atoms with van der Waals surface area (Å²) in [5, 5.41) is 8.10. The standard InChI is InChI=1S/C4H10O3Si/c5-4(6)2-1-3-7-8/h1-3H2,8H3,(H,5,6). The van der Waals surface area contributed by atoms with Gasteiger partial charge >= 0.3 is 5.97 Å². The van der Waals surface area contributed by atoms with Crippen molar-refractivity contribution in [2.24, 2.45) is 0 Å². The van der Waals surface area contributed by atoms with E-state index in [0.717, 1.165) is 0 Å². The van der Waals surface area contributed by atoms with Crippen LogP contribution in [0.15, 0.2) is 0 Å². The first-order valence-corrected chi connectivity index (χ1v) is 3.29. The molecule has 0 spiro atoms. The summed E-state index contributed by atoms with van der Waals surface area (Å²) < 4.78 is 4.77. The van der Waals surface area contributed by atoms with Gasteiger partial charge in [-0.2, -0.15) is 0 Å². The predicted molar refractivity (Wildman–Crippen MR) is 32.8 cm³/mol. The van der Waals surface area contributed by atoms with Crippen LogP contribution in [0, 0.1) is 0 Å². The molecule has 0 aliphatic carbocycles. The second kappa shape index (κ2) is 4.80. The fourth-order valence-corrected chi connectivity index (χ4v) is 0.656. The molecule has 48 valence electrons. The zero-order valence-corrected chi connectivity index (χ0v) is 6.89. The molecule has 0 radical (unpaired) electrons. The first-order chi connectivity index (χ1) is 3.77. The Morgan fingerprint density at radius 2 is 2.38 bits per heavy atom. The average Bonchev–Trinajstić information content (AvgIpc) is 1.66. The number of aliphatic carboxylic acids is 1. The summed E-state index contributed by atoms with van der Waals surface area (Å²) in [5.74, 6) is -0.747. The van der Waals surface area contributed by atoms with E-state index >= 15 is 0 Å². The van der Waals surface area contributed by atoms with Gasteiger partial charge in [-0.25, -0.2) is 0 Å². The highest BCUT2D eigenvalue weighted by atomic mass is 28.2. The van der Waals surface area contributed by atoms with E-state index in [1.165, 1.54) is 0 Å². The quantitative estimate of drug-likeness (QED) is 0.402. The van der Waals surface area contributed by atoms with Crippen molar-refractivity contribution in [1.82, 2.24) is 0 Å². The summed E-state index contributed by atoms with van der Waals surface area (Å²) >= 11 is 0.